The first-order valence-corrected chi connectivity index (χ1v) is 23.4. The van der Waals surface area contributed by atoms with Gasteiger partial charge < -0.3 is 9.32 Å². The Morgan fingerprint density at radius 2 is 1.08 bits per heavy atom. The van der Waals surface area contributed by atoms with Crippen molar-refractivity contribution >= 4 is 70.5 Å². The molecule has 0 radical (unpaired) electrons. The van der Waals surface area contributed by atoms with Crippen LogP contribution in [0.4, 0.5) is 17.1 Å². The number of thiophene rings is 1. The lowest BCUT2D eigenvalue weighted by Crippen LogP contribution is -2.21. The van der Waals surface area contributed by atoms with E-state index in [-0.39, 0.29) is 27.1 Å². The second-order valence-electron chi connectivity index (χ2n) is 22.0. The minimum Gasteiger partial charge on any atom is -0.456 e. The van der Waals surface area contributed by atoms with Crippen molar-refractivity contribution < 1.29 is 4.42 Å². The number of hydrogen-bond donors (Lipinski definition) is 0. The summed E-state index contributed by atoms with van der Waals surface area (Å²) in [5.41, 5.74) is 19.6. The number of fused-ring (bicyclic) bond motifs is 11. The third kappa shape index (κ3) is 5.27. The van der Waals surface area contributed by atoms with E-state index in [1.54, 1.807) is 0 Å². The summed E-state index contributed by atoms with van der Waals surface area (Å²) < 4.78 is 9.32. The van der Waals surface area contributed by atoms with Gasteiger partial charge in [-0.1, -0.05) is 130 Å². The molecule has 0 aliphatic heterocycles. The van der Waals surface area contributed by atoms with Crippen LogP contribution in [0.5, 0.6) is 0 Å². The highest BCUT2D eigenvalue weighted by molar-refractivity contribution is 7.25. The van der Waals surface area contributed by atoms with E-state index in [4.69, 9.17) is 4.42 Å². The Balaban J connectivity index is 1.09. The molecule has 0 spiro atoms. The van der Waals surface area contributed by atoms with Gasteiger partial charge in [0.1, 0.15) is 11.2 Å². The lowest BCUT2D eigenvalue weighted by molar-refractivity contribution is 0.402. The van der Waals surface area contributed by atoms with E-state index >= 15 is 0 Å². The molecule has 2 heterocycles. The van der Waals surface area contributed by atoms with Gasteiger partial charge in [0.25, 0.3) is 0 Å². The van der Waals surface area contributed by atoms with Crippen LogP contribution in [0, 0.1) is 0 Å². The van der Waals surface area contributed by atoms with Crippen LogP contribution in [0.15, 0.2) is 132 Å². The highest BCUT2D eigenvalue weighted by Crippen LogP contribution is 2.59. The fourth-order valence-corrected chi connectivity index (χ4v) is 14.1. The Kier molecular flexibility index (Phi) is 7.55. The summed E-state index contributed by atoms with van der Waals surface area (Å²) in [6.07, 6.45) is 2.29. The monoisotopic (exact) mass is 825 g/mol. The Labute approximate surface area is 370 Å². The van der Waals surface area contributed by atoms with Gasteiger partial charge in [-0.25, -0.2) is 0 Å². The quantitative estimate of drug-likeness (QED) is 0.176. The normalized spacial score (nSPS) is 18.4. The molecule has 7 aromatic carbocycles. The molecule has 0 unspecified atom stereocenters. The molecule has 9 aromatic rings. The summed E-state index contributed by atoms with van der Waals surface area (Å²) in [5, 5.41) is 4.97. The number of benzene rings is 7. The first-order valence-electron chi connectivity index (χ1n) is 22.6. The molecule has 0 saturated carbocycles. The molecule has 2 aromatic heterocycles. The van der Waals surface area contributed by atoms with E-state index in [1.807, 2.05) is 11.3 Å². The maximum Gasteiger partial charge on any atom is 0.135 e. The highest BCUT2D eigenvalue weighted by atomic mass is 32.1. The zero-order chi connectivity index (χ0) is 42.9. The minimum absolute atomic E-state index is 0.0948. The van der Waals surface area contributed by atoms with E-state index in [9.17, 15) is 0 Å². The van der Waals surface area contributed by atoms with E-state index in [1.165, 1.54) is 86.9 Å². The molecule has 2 nitrogen and oxygen atoms in total. The molecule has 0 saturated heterocycles. The number of hydrogen-bond acceptors (Lipinski definition) is 3. The number of nitrogens with zero attached hydrogens (tertiary/aromatic N) is 1. The molecule has 12 rings (SSSR count). The van der Waals surface area contributed by atoms with Crippen molar-refractivity contribution in [1.29, 1.82) is 0 Å². The molecule has 62 heavy (non-hydrogen) atoms. The zero-order valence-corrected chi connectivity index (χ0v) is 38.6. The SMILES string of the molecule is CC1(C)CC(C)(C)c2cc3c(cc21)-c1cccc(N(c2ccc4c(c2)sc2ccc(-c5ccccc5)cc24)c2ccc4oc5cc6c(cc5c4c2)C(C)(C)CC6(C)C)c1C3(C)C. The highest BCUT2D eigenvalue weighted by Gasteiger charge is 2.47. The average Bonchev–Trinajstić information content (AvgIpc) is 3.94. The molecule has 3 aliphatic carbocycles. The fraction of sp³-hybridized carbons (Fsp3) is 0.288. The van der Waals surface area contributed by atoms with Crippen LogP contribution in [-0.4, -0.2) is 0 Å². The summed E-state index contributed by atoms with van der Waals surface area (Å²) in [7, 11) is 0. The first-order chi connectivity index (χ1) is 29.4. The van der Waals surface area contributed by atoms with Crippen molar-refractivity contribution in [3.8, 4) is 22.3 Å². The average molecular weight is 826 g/mol. The molecule has 3 aliphatic rings. The maximum absolute atomic E-state index is 6.72. The minimum atomic E-state index is -0.224. The van der Waals surface area contributed by atoms with Crippen LogP contribution in [-0.2, 0) is 27.1 Å². The molecule has 0 N–H and O–H groups in total. The second kappa shape index (κ2) is 12.3. The van der Waals surface area contributed by atoms with E-state index in [0.29, 0.717) is 0 Å². The summed E-state index contributed by atoms with van der Waals surface area (Å²) in [6, 6.07) is 48.7. The van der Waals surface area contributed by atoms with Crippen LogP contribution >= 0.6 is 11.3 Å². The van der Waals surface area contributed by atoms with Gasteiger partial charge in [0.05, 0.1) is 5.69 Å². The molecule has 0 fully saturated rings. The molecular formula is C59H55NOS. The smallest absolute Gasteiger partial charge is 0.135 e. The predicted octanol–water partition coefficient (Wildman–Crippen LogP) is 17.3. The molecule has 3 heteroatoms. The Hall–Kier alpha value is -5.64. The summed E-state index contributed by atoms with van der Waals surface area (Å²) in [4.78, 5) is 2.55. The number of furan rings is 1. The topological polar surface area (TPSA) is 16.4 Å². The van der Waals surface area contributed by atoms with E-state index in [2.05, 4.69) is 202 Å². The Morgan fingerprint density at radius 3 is 1.82 bits per heavy atom. The lowest BCUT2D eigenvalue weighted by Gasteiger charge is -2.32. The summed E-state index contributed by atoms with van der Waals surface area (Å²) >= 11 is 1.89. The van der Waals surface area contributed by atoms with Gasteiger partial charge in [-0.3, -0.25) is 0 Å². The van der Waals surface area contributed by atoms with Gasteiger partial charge >= 0.3 is 0 Å². The summed E-state index contributed by atoms with van der Waals surface area (Å²) in [5.74, 6) is 0. The predicted molar refractivity (Wildman–Crippen MR) is 266 cm³/mol. The van der Waals surface area contributed by atoms with Crippen LogP contribution < -0.4 is 4.90 Å². The van der Waals surface area contributed by atoms with Crippen LogP contribution in [0.25, 0.3) is 64.4 Å². The fourth-order valence-electron chi connectivity index (χ4n) is 13.0. The van der Waals surface area contributed by atoms with Crippen molar-refractivity contribution in [2.75, 3.05) is 4.90 Å². The van der Waals surface area contributed by atoms with Gasteiger partial charge in [-0.2, -0.15) is 0 Å². The second-order valence-corrected chi connectivity index (χ2v) is 23.1. The first kappa shape index (κ1) is 38.1. The van der Waals surface area contributed by atoms with E-state index < -0.39 is 0 Å². The van der Waals surface area contributed by atoms with Crippen molar-refractivity contribution in [1.82, 2.24) is 0 Å². The van der Waals surface area contributed by atoms with Gasteiger partial charge in [0, 0.05) is 47.7 Å². The third-order valence-electron chi connectivity index (χ3n) is 15.4. The zero-order valence-electron chi connectivity index (χ0n) is 37.8. The van der Waals surface area contributed by atoms with Crippen molar-refractivity contribution in [2.24, 2.45) is 0 Å². The van der Waals surface area contributed by atoms with Crippen molar-refractivity contribution in [3.05, 3.63) is 161 Å². The molecule has 308 valence electrons. The van der Waals surface area contributed by atoms with Gasteiger partial charge in [0.15, 0.2) is 0 Å². The lowest BCUT2D eigenvalue weighted by atomic mass is 9.78. The number of rotatable bonds is 4. The van der Waals surface area contributed by atoms with E-state index in [0.717, 1.165) is 40.8 Å². The standard InChI is InChI=1S/C59H55NOS/c1-55(2)32-57(5,6)47-30-44-40(28-45(47)55)39-17-14-18-49(54(39)59(44,9)10)60(37-20-22-38-43-25-35(34-15-12-11-13-16-34)19-24-52(43)62-53(38)27-37)36-21-23-50-41(26-36)42-29-46-48(31-51(42)61-50)58(7,8)33-56(46,3)4/h11-31H,32-33H2,1-10H3. The largest absolute Gasteiger partial charge is 0.456 e. The Morgan fingerprint density at radius 1 is 0.435 bits per heavy atom. The van der Waals surface area contributed by atoms with Gasteiger partial charge in [0.2, 0.25) is 0 Å². The van der Waals surface area contributed by atoms with Gasteiger partial charge in [-0.05, 0) is 157 Å². The van der Waals surface area contributed by atoms with Crippen LogP contribution in [0.3, 0.4) is 0 Å². The Bertz CT molecular complexity index is 3390. The summed E-state index contributed by atoms with van der Waals surface area (Å²) in [6.45, 7) is 24.2. The van der Waals surface area contributed by atoms with Crippen LogP contribution in [0.2, 0.25) is 0 Å². The molecule has 0 bridgehead atoms. The van der Waals surface area contributed by atoms with Crippen molar-refractivity contribution in [2.45, 2.75) is 109 Å². The number of anilines is 3. The molecule has 0 amide bonds. The maximum atomic E-state index is 6.72. The van der Waals surface area contributed by atoms with Crippen molar-refractivity contribution in [3.63, 3.8) is 0 Å². The molecule has 0 atom stereocenters. The molecular weight excluding hydrogens is 771 g/mol. The third-order valence-corrected chi connectivity index (χ3v) is 16.5. The van der Waals surface area contributed by atoms with Gasteiger partial charge in [-0.15, -0.1) is 11.3 Å². The van der Waals surface area contributed by atoms with Crippen LogP contribution in [0.1, 0.15) is 115 Å².